The maximum Gasteiger partial charge on any atom is 0.250 e. The molecule has 0 atom stereocenters. The molecule has 22 heavy (non-hydrogen) atoms. The molecular formula is C16H25ClFN3O. The summed E-state index contributed by atoms with van der Waals surface area (Å²) in [4.78, 5) is 6.50. The van der Waals surface area contributed by atoms with Gasteiger partial charge >= 0.3 is 0 Å². The minimum atomic E-state index is -0.366. The maximum absolute atomic E-state index is 13.5. The Labute approximate surface area is 137 Å². The minimum absolute atomic E-state index is 0. The van der Waals surface area contributed by atoms with Crippen LogP contribution in [0.4, 0.5) is 4.39 Å². The van der Waals surface area contributed by atoms with E-state index in [4.69, 9.17) is 4.74 Å². The summed E-state index contributed by atoms with van der Waals surface area (Å²) in [5.41, 5.74) is 0. The summed E-state index contributed by atoms with van der Waals surface area (Å²) < 4.78 is 19.2. The van der Waals surface area contributed by atoms with Gasteiger partial charge in [-0.05, 0) is 56.8 Å². The largest absolute Gasteiger partial charge is 0.472 e. The summed E-state index contributed by atoms with van der Waals surface area (Å²) in [5.74, 6) is 0.612. The van der Waals surface area contributed by atoms with E-state index in [1.165, 1.54) is 25.5 Å². The topological polar surface area (TPSA) is 37.4 Å². The lowest BCUT2D eigenvalue weighted by Gasteiger charge is -2.35. The van der Waals surface area contributed by atoms with Crippen LogP contribution in [0.3, 0.4) is 0 Å². The van der Waals surface area contributed by atoms with Crippen molar-refractivity contribution in [1.82, 2.24) is 15.2 Å². The van der Waals surface area contributed by atoms with Crippen molar-refractivity contribution in [2.24, 2.45) is 5.92 Å². The molecular weight excluding hydrogens is 305 g/mol. The molecule has 0 saturated carbocycles. The number of likely N-dealkylation sites (tertiary alicyclic amines) is 1. The molecule has 2 aliphatic rings. The number of hydrogen-bond acceptors (Lipinski definition) is 4. The van der Waals surface area contributed by atoms with E-state index in [-0.39, 0.29) is 30.2 Å². The van der Waals surface area contributed by atoms with Crippen LogP contribution in [0.5, 0.6) is 5.88 Å². The summed E-state index contributed by atoms with van der Waals surface area (Å²) in [6, 6.07) is 2.98. The third-order valence-corrected chi connectivity index (χ3v) is 4.51. The number of ether oxygens (including phenoxy) is 1. The lowest BCUT2D eigenvalue weighted by atomic mass is 9.96. The van der Waals surface area contributed by atoms with Crippen LogP contribution in [0.25, 0.3) is 0 Å². The Balaban J connectivity index is 0.00000176. The van der Waals surface area contributed by atoms with Crippen LogP contribution < -0.4 is 10.1 Å². The zero-order valence-corrected chi connectivity index (χ0v) is 13.7. The SMILES string of the molecule is Cl.Fc1cccnc1OC1CCN(CC2CCNCC2)CC1. The minimum Gasteiger partial charge on any atom is -0.472 e. The highest BCUT2D eigenvalue weighted by Crippen LogP contribution is 2.21. The van der Waals surface area contributed by atoms with Crippen LogP contribution >= 0.6 is 12.4 Å². The second-order valence-corrected chi connectivity index (χ2v) is 6.10. The Hall–Kier alpha value is -0.910. The van der Waals surface area contributed by atoms with E-state index in [0.29, 0.717) is 0 Å². The molecule has 6 heteroatoms. The number of nitrogens with one attached hydrogen (secondary N) is 1. The highest BCUT2D eigenvalue weighted by Gasteiger charge is 2.24. The molecule has 0 aromatic carbocycles. The van der Waals surface area contributed by atoms with Crippen LogP contribution in [0.15, 0.2) is 18.3 Å². The first-order valence-corrected chi connectivity index (χ1v) is 8.01. The third kappa shape index (κ3) is 4.80. The van der Waals surface area contributed by atoms with Crippen LogP contribution in [0.2, 0.25) is 0 Å². The smallest absolute Gasteiger partial charge is 0.250 e. The molecule has 3 heterocycles. The average molecular weight is 330 g/mol. The van der Waals surface area contributed by atoms with Crippen LogP contribution in [0.1, 0.15) is 25.7 Å². The Morgan fingerprint density at radius 1 is 1.23 bits per heavy atom. The van der Waals surface area contributed by atoms with Crippen molar-refractivity contribution in [3.8, 4) is 5.88 Å². The molecule has 0 radical (unpaired) electrons. The van der Waals surface area contributed by atoms with Gasteiger partial charge in [-0.3, -0.25) is 0 Å². The van der Waals surface area contributed by atoms with Crippen molar-refractivity contribution in [2.45, 2.75) is 31.8 Å². The molecule has 2 aliphatic heterocycles. The van der Waals surface area contributed by atoms with Crippen molar-refractivity contribution < 1.29 is 9.13 Å². The third-order valence-electron chi connectivity index (χ3n) is 4.51. The standard InChI is InChI=1S/C16H24FN3O.ClH/c17-15-2-1-7-19-16(15)21-14-5-10-20(11-6-14)12-13-3-8-18-9-4-13;/h1-2,7,13-14,18H,3-6,8-12H2;1H. The Bertz CT molecular complexity index is 449. The number of aromatic nitrogens is 1. The van der Waals surface area contributed by atoms with Gasteiger partial charge in [-0.1, -0.05) is 0 Å². The lowest BCUT2D eigenvalue weighted by Crippen LogP contribution is -2.42. The van der Waals surface area contributed by atoms with Crippen molar-refractivity contribution in [1.29, 1.82) is 0 Å². The fraction of sp³-hybridized carbons (Fsp3) is 0.688. The first kappa shape index (κ1) is 17.4. The van der Waals surface area contributed by atoms with E-state index in [2.05, 4.69) is 15.2 Å². The number of rotatable bonds is 4. The molecule has 2 saturated heterocycles. The van der Waals surface area contributed by atoms with Gasteiger partial charge in [0.05, 0.1) is 0 Å². The van der Waals surface area contributed by atoms with Gasteiger partial charge in [0.2, 0.25) is 0 Å². The molecule has 0 amide bonds. The van der Waals surface area contributed by atoms with E-state index < -0.39 is 0 Å². The van der Waals surface area contributed by atoms with Crippen molar-refractivity contribution in [3.05, 3.63) is 24.1 Å². The molecule has 0 spiro atoms. The van der Waals surface area contributed by atoms with Crippen LogP contribution in [0, 0.1) is 11.7 Å². The molecule has 0 aliphatic carbocycles. The molecule has 124 valence electrons. The number of hydrogen-bond donors (Lipinski definition) is 1. The van der Waals surface area contributed by atoms with Crippen LogP contribution in [-0.2, 0) is 0 Å². The average Bonchev–Trinajstić information content (AvgIpc) is 2.52. The number of nitrogens with zero attached hydrogens (tertiary/aromatic N) is 2. The molecule has 0 bridgehead atoms. The monoisotopic (exact) mass is 329 g/mol. The fourth-order valence-corrected chi connectivity index (χ4v) is 3.25. The summed E-state index contributed by atoms with van der Waals surface area (Å²) in [6.45, 7) is 5.60. The van der Waals surface area contributed by atoms with Crippen molar-refractivity contribution in [2.75, 3.05) is 32.7 Å². The van der Waals surface area contributed by atoms with E-state index in [1.54, 1.807) is 12.3 Å². The van der Waals surface area contributed by atoms with Gasteiger partial charge in [-0.25, -0.2) is 9.37 Å². The highest BCUT2D eigenvalue weighted by molar-refractivity contribution is 5.85. The molecule has 1 aromatic heterocycles. The summed E-state index contributed by atoms with van der Waals surface area (Å²) >= 11 is 0. The molecule has 2 fully saturated rings. The van der Waals surface area contributed by atoms with Gasteiger partial charge in [0.25, 0.3) is 5.88 Å². The molecule has 1 N–H and O–H groups in total. The van der Waals surface area contributed by atoms with E-state index in [9.17, 15) is 4.39 Å². The van der Waals surface area contributed by atoms with E-state index in [1.807, 2.05) is 0 Å². The second kappa shape index (κ2) is 8.65. The van der Waals surface area contributed by atoms with E-state index in [0.717, 1.165) is 44.9 Å². The Kier molecular flexibility index (Phi) is 6.86. The van der Waals surface area contributed by atoms with Gasteiger partial charge in [-0.15, -0.1) is 12.4 Å². The molecule has 0 unspecified atom stereocenters. The predicted molar refractivity (Wildman–Crippen MR) is 87.1 cm³/mol. The predicted octanol–water partition coefficient (Wildman–Crippen LogP) is 2.49. The normalized spacial score (nSPS) is 21.3. The first-order valence-electron chi connectivity index (χ1n) is 8.01. The number of halogens is 2. The summed E-state index contributed by atoms with van der Waals surface area (Å²) in [5, 5.41) is 3.41. The second-order valence-electron chi connectivity index (χ2n) is 6.10. The lowest BCUT2D eigenvalue weighted by molar-refractivity contribution is 0.0812. The maximum atomic E-state index is 13.5. The van der Waals surface area contributed by atoms with Crippen molar-refractivity contribution >= 4 is 12.4 Å². The summed E-state index contributed by atoms with van der Waals surface area (Å²) in [6.07, 6.45) is 6.16. The highest BCUT2D eigenvalue weighted by atomic mass is 35.5. The van der Waals surface area contributed by atoms with Gasteiger partial charge < -0.3 is 15.0 Å². The number of piperidine rings is 2. The van der Waals surface area contributed by atoms with Gasteiger partial charge in [0, 0.05) is 25.8 Å². The van der Waals surface area contributed by atoms with Crippen LogP contribution in [-0.4, -0.2) is 48.7 Å². The summed E-state index contributed by atoms with van der Waals surface area (Å²) in [7, 11) is 0. The first-order chi connectivity index (χ1) is 10.3. The van der Waals surface area contributed by atoms with Gasteiger partial charge in [-0.2, -0.15) is 0 Å². The number of pyridine rings is 1. The fourth-order valence-electron chi connectivity index (χ4n) is 3.25. The van der Waals surface area contributed by atoms with E-state index >= 15 is 0 Å². The van der Waals surface area contributed by atoms with Crippen molar-refractivity contribution in [3.63, 3.8) is 0 Å². The van der Waals surface area contributed by atoms with Gasteiger partial charge in [0.1, 0.15) is 6.10 Å². The molecule has 4 nitrogen and oxygen atoms in total. The Morgan fingerprint density at radius 2 is 1.95 bits per heavy atom. The zero-order valence-electron chi connectivity index (χ0n) is 12.8. The quantitative estimate of drug-likeness (QED) is 0.921. The van der Waals surface area contributed by atoms with Gasteiger partial charge in [0.15, 0.2) is 5.82 Å². The Morgan fingerprint density at radius 3 is 2.64 bits per heavy atom. The molecule has 3 rings (SSSR count). The molecule has 1 aromatic rings. The zero-order chi connectivity index (χ0) is 14.5.